The summed E-state index contributed by atoms with van der Waals surface area (Å²) in [5.41, 5.74) is 1.72. The van der Waals surface area contributed by atoms with Crippen molar-refractivity contribution in [2.75, 3.05) is 6.54 Å². The van der Waals surface area contributed by atoms with E-state index in [2.05, 4.69) is 25.3 Å². The first-order chi connectivity index (χ1) is 12.0. The molecule has 1 aliphatic rings. The second-order valence-electron chi connectivity index (χ2n) is 5.98. The van der Waals surface area contributed by atoms with E-state index in [-0.39, 0.29) is 24.4 Å². The van der Waals surface area contributed by atoms with E-state index in [9.17, 15) is 9.59 Å². The second-order valence-corrected chi connectivity index (χ2v) is 5.98. The number of hydrogen-bond acceptors (Lipinski definition) is 6. The Hall–Kier alpha value is -2.90. The van der Waals surface area contributed by atoms with E-state index in [0.717, 1.165) is 25.1 Å². The van der Waals surface area contributed by atoms with E-state index in [4.69, 9.17) is 0 Å². The summed E-state index contributed by atoms with van der Waals surface area (Å²) in [5, 5.41) is 2.78. The number of nitrogens with one attached hydrogen (secondary N) is 1. The van der Waals surface area contributed by atoms with Crippen LogP contribution in [0.2, 0.25) is 0 Å². The summed E-state index contributed by atoms with van der Waals surface area (Å²) in [6, 6.07) is 1.53. The summed E-state index contributed by atoms with van der Waals surface area (Å²) in [6.45, 7) is 4.29. The van der Waals surface area contributed by atoms with Gasteiger partial charge in [0.2, 0.25) is 5.91 Å². The summed E-state index contributed by atoms with van der Waals surface area (Å²) < 4.78 is 0. The molecule has 1 fully saturated rings. The van der Waals surface area contributed by atoms with Crippen LogP contribution in [0.25, 0.3) is 0 Å². The molecule has 8 heteroatoms. The predicted octanol–water partition coefficient (Wildman–Crippen LogP) is 1.19. The van der Waals surface area contributed by atoms with Crippen LogP contribution in [0.15, 0.2) is 24.7 Å². The number of amides is 2. The molecule has 0 spiro atoms. The van der Waals surface area contributed by atoms with Gasteiger partial charge in [0, 0.05) is 19.7 Å². The highest BCUT2D eigenvalue weighted by Gasteiger charge is 2.29. The fourth-order valence-electron chi connectivity index (χ4n) is 2.96. The monoisotopic (exact) mass is 340 g/mol. The van der Waals surface area contributed by atoms with E-state index in [1.54, 1.807) is 38.5 Å². The summed E-state index contributed by atoms with van der Waals surface area (Å²) in [6.07, 6.45) is 6.69. The molecule has 8 nitrogen and oxygen atoms in total. The van der Waals surface area contributed by atoms with Crippen LogP contribution in [0.5, 0.6) is 0 Å². The van der Waals surface area contributed by atoms with Gasteiger partial charge < -0.3 is 10.2 Å². The highest BCUT2D eigenvalue weighted by Crippen LogP contribution is 2.30. The van der Waals surface area contributed by atoms with Crippen LogP contribution in [0.3, 0.4) is 0 Å². The molecule has 1 saturated heterocycles. The van der Waals surface area contributed by atoms with E-state index in [1.807, 2.05) is 4.90 Å². The minimum absolute atomic E-state index is 0.0369. The molecular weight excluding hydrogens is 320 g/mol. The fourth-order valence-corrected chi connectivity index (χ4v) is 2.96. The average molecular weight is 340 g/mol. The molecule has 130 valence electrons. The number of carbonyl (C=O) groups excluding carboxylic acids is 2. The fraction of sp³-hybridized carbons (Fsp3) is 0.412. The molecule has 0 bridgehead atoms. The van der Waals surface area contributed by atoms with Crippen LogP contribution < -0.4 is 5.32 Å². The lowest BCUT2D eigenvalue weighted by Gasteiger charge is -2.22. The largest absolute Gasteiger partial charge is 0.345 e. The SMILES string of the molecule is CC(=O)N1CCC[C@H]1c1cncc(CNC(=O)c2ccnc(C)n2)n1. The Morgan fingerprint density at radius 1 is 1.32 bits per heavy atom. The number of hydrogen-bond donors (Lipinski definition) is 1. The maximum absolute atomic E-state index is 12.2. The molecule has 0 radical (unpaired) electrons. The normalized spacial score (nSPS) is 16.7. The Balaban J connectivity index is 1.68. The van der Waals surface area contributed by atoms with Crippen LogP contribution in [0.1, 0.15) is 53.5 Å². The Kier molecular flexibility index (Phi) is 4.97. The number of carbonyl (C=O) groups is 2. The van der Waals surface area contributed by atoms with Gasteiger partial charge >= 0.3 is 0 Å². The van der Waals surface area contributed by atoms with Gasteiger partial charge in [0.05, 0.1) is 36.4 Å². The molecule has 25 heavy (non-hydrogen) atoms. The molecule has 0 aliphatic carbocycles. The van der Waals surface area contributed by atoms with E-state index in [1.165, 1.54) is 0 Å². The maximum Gasteiger partial charge on any atom is 0.270 e. The van der Waals surface area contributed by atoms with Crippen molar-refractivity contribution < 1.29 is 9.59 Å². The predicted molar refractivity (Wildman–Crippen MR) is 89.3 cm³/mol. The van der Waals surface area contributed by atoms with E-state index >= 15 is 0 Å². The van der Waals surface area contributed by atoms with Crippen molar-refractivity contribution in [3.05, 3.63) is 47.6 Å². The van der Waals surface area contributed by atoms with Gasteiger partial charge in [0.25, 0.3) is 5.91 Å². The first-order valence-electron chi connectivity index (χ1n) is 8.20. The lowest BCUT2D eigenvalue weighted by atomic mass is 10.1. The zero-order chi connectivity index (χ0) is 17.8. The van der Waals surface area contributed by atoms with E-state index < -0.39 is 0 Å². The van der Waals surface area contributed by atoms with Gasteiger partial charge in [0.15, 0.2) is 0 Å². The van der Waals surface area contributed by atoms with Crippen molar-refractivity contribution in [2.24, 2.45) is 0 Å². The Morgan fingerprint density at radius 2 is 2.16 bits per heavy atom. The van der Waals surface area contributed by atoms with Gasteiger partial charge in [0.1, 0.15) is 11.5 Å². The van der Waals surface area contributed by atoms with Crippen LogP contribution in [-0.2, 0) is 11.3 Å². The Labute approximate surface area is 145 Å². The second kappa shape index (κ2) is 7.33. The van der Waals surface area contributed by atoms with Crippen molar-refractivity contribution >= 4 is 11.8 Å². The quantitative estimate of drug-likeness (QED) is 0.897. The lowest BCUT2D eigenvalue weighted by molar-refractivity contribution is -0.129. The average Bonchev–Trinajstić information content (AvgIpc) is 3.10. The molecule has 0 saturated carbocycles. The van der Waals surface area contributed by atoms with Crippen LogP contribution in [0.4, 0.5) is 0 Å². The molecule has 0 unspecified atom stereocenters. The van der Waals surface area contributed by atoms with Crippen molar-refractivity contribution in [3.8, 4) is 0 Å². The molecule has 1 aliphatic heterocycles. The van der Waals surface area contributed by atoms with Crippen molar-refractivity contribution in [2.45, 2.75) is 39.3 Å². The summed E-state index contributed by atoms with van der Waals surface area (Å²) in [4.78, 5) is 42.5. The van der Waals surface area contributed by atoms with Crippen LogP contribution in [0, 0.1) is 6.92 Å². The zero-order valence-corrected chi connectivity index (χ0v) is 14.3. The van der Waals surface area contributed by atoms with Gasteiger partial charge in [-0.3, -0.25) is 19.6 Å². The van der Waals surface area contributed by atoms with Gasteiger partial charge in [-0.15, -0.1) is 0 Å². The highest BCUT2D eigenvalue weighted by atomic mass is 16.2. The van der Waals surface area contributed by atoms with Gasteiger partial charge in [-0.25, -0.2) is 9.97 Å². The maximum atomic E-state index is 12.2. The van der Waals surface area contributed by atoms with Gasteiger partial charge in [-0.2, -0.15) is 0 Å². The molecule has 2 amide bonds. The topological polar surface area (TPSA) is 101 Å². The van der Waals surface area contributed by atoms with Crippen LogP contribution in [-0.4, -0.2) is 43.2 Å². The molecular formula is C17H20N6O2. The minimum Gasteiger partial charge on any atom is -0.345 e. The van der Waals surface area contributed by atoms with Gasteiger partial charge in [-0.1, -0.05) is 0 Å². The zero-order valence-electron chi connectivity index (χ0n) is 14.3. The number of aromatic nitrogens is 4. The van der Waals surface area contributed by atoms with Gasteiger partial charge in [-0.05, 0) is 25.8 Å². The molecule has 2 aromatic heterocycles. The smallest absolute Gasteiger partial charge is 0.270 e. The molecule has 2 aromatic rings. The van der Waals surface area contributed by atoms with Crippen molar-refractivity contribution in [1.82, 2.24) is 30.2 Å². The summed E-state index contributed by atoms with van der Waals surface area (Å²) in [5.74, 6) is 0.297. The van der Waals surface area contributed by atoms with E-state index in [0.29, 0.717) is 17.2 Å². The first-order valence-corrected chi connectivity index (χ1v) is 8.20. The third-order valence-corrected chi connectivity index (χ3v) is 4.14. The third-order valence-electron chi connectivity index (χ3n) is 4.14. The number of rotatable bonds is 4. The Bertz CT molecular complexity index is 794. The Morgan fingerprint density at radius 3 is 2.92 bits per heavy atom. The molecule has 3 heterocycles. The lowest BCUT2D eigenvalue weighted by Crippen LogP contribution is -2.29. The van der Waals surface area contributed by atoms with Crippen LogP contribution >= 0.6 is 0 Å². The van der Waals surface area contributed by atoms with Crippen molar-refractivity contribution in [3.63, 3.8) is 0 Å². The first kappa shape index (κ1) is 16.9. The molecule has 0 aromatic carbocycles. The highest BCUT2D eigenvalue weighted by molar-refractivity contribution is 5.92. The molecule has 1 N–H and O–H groups in total. The number of aryl methyl sites for hydroxylation is 1. The molecule has 1 atom stereocenters. The summed E-state index contributed by atoms with van der Waals surface area (Å²) >= 11 is 0. The summed E-state index contributed by atoms with van der Waals surface area (Å²) in [7, 11) is 0. The number of likely N-dealkylation sites (tertiary alicyclic amines) is 1. The van der Waals surface area contributed by atoms with Crippen molar-refractivity contribution in [1.29, 1.82) is 0 Å². The minimum atomic E-state index is -0.288. The molecule has 3 rings (SSSR count). The third kappa shape index (κ3) is 3.96. The standard InChI is InChI=1S/C17H20N6O2/c1-11-19-6-5-14(21-11)17(25)20-9-13-8-18-10-15(22-13)16-4-3-7-23(16)12(2)24/h5-6,8,10,16H,3-4,7,9H2,1-2H3,(H,20,25)/t16-/m0/s1. The number of nitrogens with zero attached hydrogens (tertiary/aromatic N) is 5.